The van der Waals surface area contributed by atoms with E-state index in [1.165, 1.54) is 103 Å². The first-order valence-corrected chi connectivity index (χ1v) is 15.1. The van der Waals surface area contributed by atoms with Crippen LogP contribution >= 0.6 is 0 Å². The molecule has 0 rings (SSSR count). The monoisotopic (exact) mass is 494 g/mol. The van der Waals surface area contributed by atoms with Crippen molar-refractivity contribution in [3.05, 3.63) is 12.2 Å². The molecule has 0 aromatic heterocycles. The molecule has 4 nitrogen and oxygen atoms in total. The second-order valence-corrected chi connectivity index (χ2v) is 10.4. The Hall–Kier alpha value is -1.32. The van der Waals surface area contributed by atoms with Crippen molar-refractivity contribution in [1.82, 2.24) is 0 Å². The van der Waals surface area contributed by atoms with E-state index in [0.29, 0.717) is 12.8 Å². The standard InChI is InChI=1S/C31H58O4/c1-3-4-5-6-7-8-9-13-16-19-22-25-28-31(34)35-29(2)26-23-20-17-14-11-10-12-15-18-21-24-27-30(32)33/h6-7,29H,3-5,8-28H2,1-2H3,(H,32,33)/b7-6-. The quantitative estimate of drug-likeness (QED) is 0.0701. The minimum atomic E-state index is -0.675. The van der Waals surface area contributed by atoms with Crippen LogP contribution in [0.3, 0.4) is 0 Å². The molecule has 1 unspecified atom stereocenters. The molecule has 0 bridgehead atoms. The molecule has 0 saturated heterocycles. The van der Waals surface area contributed by atoms with Gasteiger partial charge in [-0.15, -0.1) is 0 Å². The van der Waals surface area contributed by atoms with E-state index in [2.05, 4.69) is 19.1 Å². The number of rotatable bonds is 27. The lowest BCUT2D eigenvalue weighted by Crippen LogP contribution is -2.14. The number of hydrogen-bond donors (Lipinski definition) is 1. The van der Waals surface area contributed by atoms with Gasteiger partial charge in [-0.1, -0.05) is 115 Å². The SMILES string of the molecule is CCCC/C=C\CCCCCCCCC(=O)OC(C)CCCCCCCCCCCCCC(=O)O. The molecular formula is C31H58O4. The molecule has 0 amide bonds. The van der Waals surface area contributed by atoms with Gasteiger partial charge in [-0.2, -0.15) is 0 Å². The van der Waals surface area contributed by atoms with E-state index in [0.717, 1.165) is 38.5 Å². The molecule has 0 aromatic carbocycles. The lowest BCUT2D eigenvalue weighted by Gasteiger charge is -2.13. The summed E-state index contributed by atoms with van der Waals surface area (Å²) in [7, 11) is 0. The Balaban J connectivity index is 3.33. The Bertz CT molecular complexity index is 500. The van der Waals surface area contributed by atoms with E-state index in [1.54, 1.807) is 0 Å². The molecule has 0 aromatic rings. The van der Waals surface area contributed by atoms with E-state index in [9.17, 15) is 9.59 Å². The Kier molecular flexibility index (Phi) is 26.2. The highest BCUT2D eigenvalue weighted by atomic mass is 16.5. The fraction of sp³-hybridized carbons (Fsp3) is 0.871. The van der Waals surface area contributed by atoms with Gasteiger partial charge < -0.3 is 9.84 Å². The highest BCUT2D eigenvalue weighted by molar-refractivity contribution is 5.69. The summed E-state index contributed by atoms with van der Waals surface area (Å²) in [6.07, 6.45) is 31.9. The molecule has 1 atom stereocenters. The van der Waals surface area contributed by atoms with Gasteiger partial charge in [0.2, 0.25) is 0 Å². The molecule has 0 heterocycles. The number of aliphatic carboxylic acids is 1. The molecule has 206 valence electrons. The van der Waals surface area contributed by atoms with E-state index in [1.807, 2.05) is 6.92 Å². The van der Waals surface area contributed by atoms with Crippen LogP contribution in [0.4, 0.5) is 0 Å². The summed E-state index contributed by atoms with van der Waals surface area (Å²) in [5.41, 5.74) is 0. The van der Waals surface area contributed by atoms with Crippen LogP contribution in [0.15, 0.2) is 12.2 Å². The zero-order chi connectivity index (χ0) is 25.8. The lowest BCUT2D eigenvalue weighted by molar-refractivity contribution is -0.148. The first-order chi connectivity index (χ1) is 17.1. The van der Waals surface area contributed by atoms with Crippen LogP contribution in [0.5, 0.6) is 0 Å². The van der Waals surface area contributed by atoms with Gasteiger partial charge in [0.25, 0.3) is 0 Å². The van der Waals surface area contributed by atoms with Crippen molar-refractivity contribution in [1.29, 1.82) is 0 Å². The van der Waals surface area contributed by atoms with Gasteiger partial charge in [-0.05, 0) is 51.9 Å². The number of allylic oxidation sites excluding steroid dienone is 2. The topological polar surface area (TPSA) is 63.6 Å². The number of unbranched alkanes of at least 4 members (excludes halogenated alkanes) is 18. The Morgan fingerprint density at radius 1 is 0.629 bits per heavy atom. The first-order valence-electron chi connectivity index (χ1n) is 15.1. The number of ether oxygens (including phenoxy) is 1. The normalized spacial score (nSPS) is 12.3. The number of carboxylic acids is 1. The number of esters is 1. The van der Waals surface area contributed by atoms with Gasteiger partial charge >= 0.3 is 11.9 Å². The average molecular weight is 495 g/mol. The third-order valence-corrected chi connectivity index (χ3v) is 6.73. The van der Waals surface area contributed by atoms with Crippen molar-refractivity contribution in [3.63, 3.8) is 0 Å². The molecule has 35 heavy (non-hydrogen) atoms. The Morgan fingerprint density at radius 2 is 1.06 bits per heavy atom. The summed E-state index contributed by atoms with van der Waals surface area (Å²) >= 11 is 0. The largest absolute Gasteiger partial charge is 0.481 e. The van der Waals surface area contributed by atoms with Gasteiger partial charge in [0.15, 0.2) is 0 Å². The first kappa shape index (κ1) is 33.7. The van der Waals surface area contributed by atoms with Crippen LogP contribution in [0.2, 0.25) is 0 Å². The Labute approximate surface area is 217 Å². The number of carbonyl (C=O) groups is 2. The number of carbonyl (C=O) groups excluding carboxylic acids is 1. The van der Waals surface area contributed by atoms with Crippen molar-refractivity contribution < 1.29 is 19.4 Å². The molecule has 0 aliphatic rings. The third kappa shape index (κ3) is 28.8. The summed E-state index contributed by atoms with van der Waals surface area (Å²) in [6, 6.07) is 0. The van der Waals surface area contributed by atoms with Crippen molar-refractivity contribution >= 4 is 11.9 Å². The summed E-state index contributed by atoms with van der Waals surface area (Å²) in [6.45, 7) is 4.27. The predicted octanol–water partition coefficient (Wildman–Crippen LogP) is 9.94. The summed E-state index contributed by atoms with van der Waals surface area (Å²) in [4.78, 5) is 22.5. The third-order valence-electron chi connectivity index (χ3n) is 6.73. The second kappa shape index (κ2) is 27.3. The van der Waals surface area contributed by atoms with Crippen LogP contribution < -0.4 is 0 Å². The molecule has 4 heteroatoms. The number of hydrogen-bond acceptors (Lipinski definition) is 3. The summed E-state index contributed by atoms with van der Waals surface area (Å²) in [5, 5.41) is 8.61. The molecule has 0 saturated carbocycles. The maximum absolute atomic E-state index is 12.0. The maximum Gasteiger partial charge on any atom is 0.306 e. The average Bonchev–Trinajstić information content (AvgIpc) is 2.82. The minimum Gasteiger partial charge on any atom is -0.481 e. The van der Waals surface area contributed by atoms with Crippen LogP contribution in [0.1, 0.15) is 168 Å². The van der Waals surface area contributed by atoms with E-state index >= 15 is 0 Å². The molecule has 0 aliphatic heterocycles. The van der Waals surface area contributed by atoms with E-state index in [-0.39, 0.29) is 12.1 Å². The maximum atomic E-state index is 12.0. The zero-order valence-corrected chi connectivity index (χ0v) is 23.4. The zero-order valence-electron chi connectivity index (χ0n) is 23.4. The van der Waals surface area contributed by atoms with E-state index < -0.39 is 5.97 Å². The van der Waals surface area contributed by atoms with Crippen molar-refractivity contribution in [3.8, 4) is 0 Å². The van der Waals surface area contributed by atoms with Crippen molar-refractivity contribution in [2.75, 3.05) is 0 Å². The minimum absolute atomic E-state index is 0.0160. The fourth-order valence-electron chi connectivity index (χ4n) is 4.44. The van der Waals surface area contributed by atoms with Crippen molar-refractivity contribution in [2.24, 2.45) is 0 Å². The van der Waals surface area contributed by atoms with Gasteiger partial charge in [0, 0.05) is 12.8 Å². The van der Waals surface area contributed by atoms with Crippen molar-refractivity contribution in [2.45, 2.75) is 174 Å². The summed E-state index contributed by atoms with van der Waals surface area (Å²) < 4.78 is 5.58. The van der Waals surface area contributed by atoms with Gasteiger partial charge in [0.05, 0.1) is 6.10 Å². The molecule has 0 radical (unpaired) electrons. The van der Waals surface area contributed by atoms with Gasteiger partial charge in [-0.3, -0.25) is 9.59 Å². The van der Waals surface area contributed by atoms with Crippen LogP contribution in [0.25, 0.3) is 0 Å². The highest BCUT2D eigenvalue weighted by Crippen LogP contribution is 2.15. The number of carboxylic acid groups (broad SMARTS) is 1. The molecule has 1 N–H and O–H groups in total. The molecule has 0 fully saturated rings. The molecule has 0 aliphatic carbocycles. The van der Waals surface area contributed by atoms with E-state index in [4.69, 9.17) is 9.84 Å². The smallest absolute Gasteiger partial charge is 0.306 e. The van der Waals surface area contributed by atoms with Gasteiger partial charge in [-0.25, -0.2) is 0 Å². The molecular weight excluding hydrogens is 436 g/mol. The van der Waals surface area contributed by atoms with Gasteiger partial charge in [0.1, 0.15) is 0 Å². The van der Waals surface area contributed by atoms with Crippen LogP contribution in [-0.2, 0) is 14.3 Å². The predicted molar refractivity (Wildman–Crippen MR) is 149 cm³/mol. The lowest BCUT2D eigenvalue weighted by atomic mass is 10.0. The molecule has 0 spiro atoms. The second-order valence-electron chi connectivity index (χ2n) is 10.4. The van der Waals surface area contributed by atoms with Crippen LogP contribution in [0, 0.1) is 0 Å². The highest BCUT2D eigenvalue weighted by Gasteiger charge is 2.09. The van der Waals surface area contributed by atoms with Crippen LogP contribution in [-0.4, -0.2) is 23.1 Å². The fourth-order valence-corrected chi connectivity index (χ4v) is 4.44. The Morgan fingerprint density at radius 3 is 1.57 bits per heavy atom. The summed E-state index contributed by atoms with van der Waals surface area (Å²) in [5.74, 6) is -0.691.